The molecule has 0 N–H and O–H groups in total. The van der Waals surface area contributed by atoms with Gasteiger partial charge in [0, 0.05) is 45.2 Å². The highest BCUT2D eigenvalue weighted by Crippen LogP contribution is 2.42. The molecule has 0 aliphatic heterocycles. The zero-order chi connectivity index (χ0) is 26.5. The molecule has 3 heteroatoms. The quantitative estimate of drug-likeness (QED) is 0.223. The Balaban J connectivity index is 1.36. The first-order valence-electron chi connectivity index (χ1n) is 13.5. The summed E-state index contributed by atoms with van der Waals surface area (Å²) < 4.78 is 0. The number of benzene rings is 5. The molecule has 3 heterocycles. The van der Waals surface area contributed by atoms with E-state index >= 15 is 0 Å². The lowest BCUT2D eigenvalue weighted by Gasteiger charge is -2.16. The predicted molar refractivity (Wildman–Crippen MR) is 166 cm³/mol. The summed E-state index contributed by atoms with van der Waals surface area (Å²) in [5, 5.41) is 8.62. The van der Waals surface area contributed by atoms with E-state index in [9.17, 15) is 0 Å². The van der Waals surface area contributed by atoms with Crippen molar-refractivity contribution in [3.8, 4) is 33.8 Å². The zero-order valence-electron chi connectivity index (χ0n) is 21.6. The van der Waals surface area contributed by atoms with Crippen molar-refractivity contribution in [3.05, 3.63) is 140 Å². The Bertz CT molecular complexity index is 2200. The summed E-state index contributed by atoms with van der Waals surface area (Å²) in [6, 6.07) is 44.7. The van der Waals surface area contributed by atoms with E-state index in [1.165, 1.54) is 37.7 Å². The number of fused-ring (bicyclic) bond motifs is 8. The smallest absolute Gasteiger partial charge is 0.0794 e. The molecule has 0 unspecified atom stereocenters. The molecule has 0 saturated heterocycles. The molecule has 0 fully saturated rings. The van der Waals surface area contributed by atoms with Crippen LogP contribution in [0.5, 0.6) is 0 Å². The molecule has 40 heavy (non-hydrogen) atoms. The third-order valence-corrected chi connectivity index (χ3v) is 7.75. The highest BCUT2D eigenvalue weighted by molar-refractivity contribution is 6.33. The van der Waals surface area contributed by atoms with E-state index in [0.29, 0.717) is 0 Å². The molecule has 5 aromatic carbocycles. The Hall–Kier alpha value is -5.41. The van der Waals surface area contributed by atoms with Crippen LogP contribution in [0.25, 0.3) is 77.0 Å². The first kappa shape index (κ1) is 22.6. The van der Waals surface area contributed by atoms with Gasteiger partial charge in [-0.2, -0.15) is 0 Å². The zero-order valence-corrected chi connectivity index (χ0v) is 21.6. The molecule has 0 spiro atoms. The number of rotatable bonds is 3. The van der Waals surface area contributed by atoms with E-state index in [-0.39, 0.29) is 0 Å². The van der Waals surface area contributed by atoms with Crippen molar-refractivity contribution < 1.29 is 0 Å². The maximum absolute atomic E-state index is 5.27. The van der Waals surface area contributed by atoms with Gasteiger partial charge in [-0.05, 0) is 51.9 Å². The first-order valence-corrected chi connectivity index (χ1v) is 13.5. The number of hydrogen-bond donors (Lipinski definition) is 0. The van der Waals surface area contributed by atoms with Crippen LogP contribution >= 0.6 is 0 Å². The normalized spacial score (nSPS) is 11.5. The van der Waals surface area contributed by atoms with Gasteiger partial charge < -0.3 is 0 Å². The third kappa shape index (κ3) is 3.56. The molecular formula is C37H23N3. The molecule has 8 aromatic rings. The fraction of sp³-hybridized carbons (Fsp3) is 0. The SMILES string of the molecule is c1cc(-c2ccncc2)nc(-c2ccc(-c3nc4ccccc4c4c5ccccc5c5ccccc5c34)cc2)c1. The summed E-state index contributed by atoms with van der Waals surface area (Å²) in [5.41, 5.74) is 7.09. The predicted octanol–water partition coefficient (Wildman–Crippen LogP) is 9.49. The van der Waals surface area contributed by atoms with Crippen LogP contribution in [0.15, 0.2) is 140 Å². The molecule has 0 amide bonds. The molecule has 0 atom stereocenters. The van der Waals surface area contributed by atoms with Crippen LogP contribution in [0.4, 0.5) is 0 Å². The van der Waals surface area contributed by atoms with Crippen LogP contribution in [0.2, 0.25) is 0 Å². The van der Waals surface area contributed by atoms with Crippen molar-refractivity contribution >= 4 is 43.2 Å². The Kier molecular flexibility index (Phi) is 5.14. The van der Waals surface area contributed by atoms with Crippen LogP contribution in [0, 0.1) is 0 Å². The average Bonchev–Trinajstić information content (AvgIpc) is 3.05. The Morgan fingerprint density at radius 2 is 0.875 bits per heavy atom. The first-order chi connectivity index (χ1) is 19.8. The topological polar surface area (TPSA) is 38.7 Å². The van der Waals surface area contributed by atoms with Crippen LogP contribution < -0.4 is 0 Å². The lowest BCUT2D eigenvalue weighted by molar-refractivity contribution is 1.29. The van der Waals surface area contributed by atoms with Gasteiger partial charge >= 0.3 is 0 Å². The van der Waals surface area contributed by atoms with Gasteiger partial charge in [0.15, 0.2) is 0 Å². The second-order valence-electron chi connectivity index (χ2n) is 10.0. The summed E-state index contributed by atoms with van der Waals surface area (Å²) in [5.74, 6) is 0. The summed E-state index contributed by atoms with van der Waals surface area (Å²) >= 11 is 0. The molecule has 0 saturated carbocycles. The van der Waals surface area contributed by atoms with Crippen molar-refractivity contribution in [2.75, 3.05) is 0 Å². The fourth-order valence-electron chi connectivity index (χ4n) is 5.91. The second kappa shape index (κ2) is 9.11. The largest absolute Gasteiger partial charge is 0.265 e. The van der Waals surface area contributed by atoms with Crippen LogP contribution in [0.1, 0.15) is 0 Å². The second-order valence-corrected chi connectivity index (χ2v) is 10.0. The fourth-order valence-corrected chi connectivity index (χ4v) is 5.91. The van der Waals surface area contributed by atoms with Crippen molar-refractivity contribution in [1.82, 2.24) is 15.0 Å². The van der Waals surface area contributed by atoms with Crippen molar-refractivity contribution in [2.24, 2.45) is 0 Å². The number of para-hydroxylation sites is 1. The third-order valence-electron chi connectivity index (χ3n) is 7.75. The minimum Gasteiger partial charge on any atom is -0.265 e. The van der Waals surface area contributed by atoms with Crippen LogP contribution in [-0.2, 0) is 0 Å². The minimum atomic E-state index is 0.935. The Morgan fingerprint density at radius 1 is 0.350 bits per heavy atom. The minimum absolute atomic E-state index is 0.935. The van der Waals surface area contributed by atoms with Crippen molar-refractivity contribution in [2.45, 2.75) is 0 Å². The molecule has 0 bridgehead atoms. The van der Waals surface area contributed by atoms with E-state index in [1.807, 2.05) is 18.2 Å². The van der Waals surface area contributed by atoms with Gasteiger partial charge in [0.05, 0.1) is 22.6 Å². The summed E-state index contributed by atoms with van der Waals surface area (Å²) in [6.07, 6.45) is 3.60. The van der Waals surface area contributed by atoms with E-state index in [4.69, 9.17) is 9.97 Å². The molecule has 0 radical (unpaired) electrons. The number of nitrogens with zero attached hydrogens (tertiary/aromatic N) is 3. The number of aromatic nitrogens is 3. The van der Waals surface area contributed by atoms with Gasteiger partial charge in [-0.1, -0.05) is 97.1 Å². The highest BCUT2D eigenvalue weighted by Gasteiger charge is 2.17. The van der Waals surface area contributed by atoms with Crippen molar-refractivity contribution in [1.29, 1.82) is 0 Å². The molecule has 3 nitrogen and oxygen atoms in total. The van der Waals surface area contributed by atoms with Gasteiger partial charge in [-0.3, -0.25) is 4.98 Å². The molecular weight excluding hydrogens is 486 g/mol. The van der Waals surface area contributed by atoms with E-state index in [0.717, 1.165) is 39.3 Å². The van der Waals surface area contributed by atoms with Gasteiger partial charge in [0.2, 0.25) is 0 Å². The number of hydrogen-bond acceptors (Lipinski definition) is 3. The maximum atomic E-state index is 5.27. The van der Waals surface area contributed by atoms with E-state index < -0.39 is 0 Å². The van der Waals surface area contributed by atoms with E-state index in [1.54, 1.807) is 12.4 Å². The van der Waals surface area contributed by atoms with Crippen LogP contribution in [-0.4, -0.2) is 15.0 Å². The molecule has 3 aromatic heterocycles. The van der Waals surface area contributed by atoms with E-state index in [2.05, 4.69) is 114 Å². The van der Waals surface area contributed by atoms with Gasteiger partial charge in [0.25, 0.3) is 0 Å². The highest BCUT2D eigenvalue weighted by atomic mass is 14.7. The monoisotopic (exact) mass is 509 g/mol. The summed E-state index contributed by atoms with van der Waals surface area (Å²) in [4.78, 5) is 14.3. The standard InChI is InChI=1S/C37H23N3/c1-3-10-29-27(8-1)28-9-2-4-11-30(28)36-35(29)31-12-5-6-13-34(31)40-37(36)26-18-16-24(17-19-26)32-14-7-15-33(39-32)25-20-22-38-23-21-25/h1-23H. The van der Waals surface area contributed by atoms with Gasteiger partial charge in [0.1, 0.15) is 0 Å². The van der Waals surface area contributed by atoms with Crippen molar-refractivity contribution in [3.63, 3.8) is 0 Å². The average molecular weight is 510 g/mol. The Morgan fingerprint density at radius 3 is 1.55 bits per heavy atom. The molecule has 0 aliphatic carbocycles. The summed E-state index contributed by atoms with van der Waals surface area (Å²) in [7, 11) is 0. The maximum Gasteiger partial charge on any atom is 0.0794 e. The van der Waals surface area contributed by atoms with Gasteiger partial charge in [-0.15, -0.1) is 0 Å². The molecule has 186 valence electrons. The summed E-state index contributed by atoms with van der Waals surface area (Å²) in [6.45, 7) is 0. The molecule has 0 aliphatic rings. The van der Waals surface area contributed by atoms with Crippen LogP contribution in [0.3, 0.4) is 0 Å². The Labute approximate surface area is 231 Å². The lowest BCUT2D eigenvalue weighted by atomic mass is 9.90. The lowest BCUT2D eigenvalue weighted by Crippen LogP contribution is -1.93. The molecule has 8 rings (SSSR count). The van der Waals surface area contributed by atoms with Gasteiger partial charge in [-0.25, -0.2) is 9.97 Å². The number of pyridine rings is 3.